The lowest BCUT2D eigenvalue weighted by Crippen LogP contribution is -2.52. The van der Waals surface area contributed by atoms with Gasteiger partial charge in [-0.1, -0.05) is 12.1 Å². The first kappa shape index (κ1) is 20.2. The third-order valence-electron chi connectivity index (χ3n) is 5.95. The van der Waals surface area contributed by atoms with Gasteiger partial charge in [0.25, 0.3) is 5.91 Å². The minimum atomic E-state index is -0.407. The molecule has 0 aliphatic carbocycles. The molecule has 2 heterocycles. The zero-order valence-electron chi connectivity index (χ0n) is 17.6. The second-order valence-corrected chi connectivity index (χ2v) is 7.66. The number of anilines is 2. The first-order valence-electron chi connectivity index (χ1n) is 10.2. The van der Waals surface area contributed by atoms with Crippen molar-refractivity contribution in [3.63, 3.8) is 0 Å². The fourth-order valence-corrected chi connectivity index (χ4v) is 4.21. The summed E-state index contributed by atoms with van der Waals surface area (Å²) in [6.45, 7) is 4.94. The molecule has 4 rings (SSSR count). The molecule has 2 aromatic rings. The Morgan fingerprint density at radius 1 is 0.900 bits per heavy atom. The van der Waals surface area contributed by atoms with Crippen LogP contribution in [-0.2, 0) is 9.59 Å². The summed E-state index contributed by atoms with van der Waals surface area (Å²) in [5.41, 5.74) is 2.60. The van der Waals surface area contributed by atoms with Crippen LogP contribution in [0.5, 0.6) is 11.5 Å². The highest BCUT2D eigenvalue weighted by Gasteiger charge is 2.43. The highest BCUT2D eigenvalue weighted by Crippen LogP contribution is 2.32. The Balaban J connectivity index is 1.46. The van der Waals surface area contributed by atoms with Crippen molar-refractivity contribution in [3.8, 4) is 11.5 Å². The van der Waals surface area contributed by atoms with Gasteiger partial charge in [-0.3, -0.25) is 14.5 Å². The minimum Gasteiger partial charge on any atom is -0.497 e. The molecule has 0 aromatic heterocycles. The third kappa shape index (κ3) is 3.73. The van der Waals surface area contributed by atoms with E-state index in [9.17, 15) is 9.59 Å². The van der Waals surface area contributed by atoms with Gasteiger partial charge in [0, 0.05) is 44.0 Å². The molecule has 2 amide bonds. The summed E-state index contributed by atoms with van der Waals surface area (Å²) in [6.07, 6.45) is 0.217. The number of nitrogens with zero attached hydrogens (tertiary/aromatic N) is 3. The highest BCUT2D eigenvalue weighted by atomic mass is 16.5. The van der Waals surface area contributed by atoms with Gasteiger partial charge in [-0.25, -0.2) is 4.90 Å². The van der Waals surface area contributed by atoms with Crippen molar-refractivity contribution in [1.82, 2.24) is 4.90 Å². The maximum atomic E-state index is 13.2. The molecule has 0 bridgehead atoms. The number of imide groups is 1. The Hall–Kier alpha value is -3.06. The molecule has 7 nitrogen and oxygen atoms in total. The first-order chi connectivity index (χ1) is 14.5. The van der Waals surface area contributed by atoms with E-state index in [2.05, 4.69) is 15.9 Å². The van der Waals surface area contributed by atoms with Crippen LogP contribution in [0.25, 0.3) is 0 Å². The van der Waals surface area contributed by atoms with Crippen LogP contribution >= 0.6 is 0 Å². The minimum absolute atomic E-state index is 0.147. The average Bonchev–Trinajstić information content (AvgIpc) is 3.08. The molecule has 158 valence electrons. The highest BCUT2D eigenvalue weighted by molar-refractivity contribution is 6.22. The van der Waals surface area contributed by atoms with Gasteiger partial charge in [-0.05, 0) is 30.7 Å². The maximum absolute atomic E-state index is 13.2. The number of hydrogen-bond donors (Lipinski definition) is 0. The molecule has 2 aliphatic heterocycles. The van der Waals surface area contributed by atoms with Crippen molar-refractivity contribution < 1.29 is 19.1 Å². The molecule has 0 radical (unpaired) electrons. The first-order valence-corrected chi connectivity index (χ1v) is 10.2. The van der Waals surface area contributed by atoms with E-state index in [1.807, 2.05) is 37.3 Å². The van der Waals surface area contributed by atoms with E-state index in [1.165, 1.54) is 4.90 Å². The Bertz CT molecular complexity index is 953. The molecule has 2 aliphatic rings. The van der Waals surface area contributed by atoms with Crippen LogP contribution in [0.2, 0.25) is 0 Å². The van der Waals surface area contributed by atoms with Gasteiger partial charge in [0.05, 0.1) is 32.4 Å². The van der Waals surface area contributed by atoms with Crippen LogP contribution in [0.1, 0.15) is 12.0 Å². The molecular weight excluding hydrogens is 382 g/mol. The lowest BCUT2D eigenvalue weighted by Gasteiger charge is -2.38. The van der Waals surface area contributed by atoms with Crippen molar-refractivity contribution in [2.75, 3.05) is 50.2 Å². The number of ether oxygens (including phenoxy) is 2. The third-order valence-corrected chi connectivity index (χ3v) is 5.95. The number of methoxy groups -OCH3 is 2. The van der Waals surface area contributed by atoms with E-state index in [4.69, 9.17) is 9.47 Å². The molecule has 0 N–H and O–H groups in total. The summed E-state index contributed by atoms with van der Waals surface area (Å²) in [6, 6.07) is 13.0. The van der Waals surface area contributed by atoms with E-state index in [1.54, 1.807) is 20.3 Å². The molecule has 30 heavy (non-hydrogen) atoms. The quantitative estimate of drug-likeness (QED) is 0.707. The van der Waals surface area contributed by atoms with Crippen molar-refractivity contribution in [3.05, 3.63) is 48.0 Å². The number of benzene rings is 2. The number of hydrogen-bond acceptors (Lipinski definition) is 6. The van der Waals surface area contributed by atoms with Crippen LogP contribution < -0.4 is 19.3 Å². The second-order valence-electron chi connectivity index (χ2n) is 7.66. The Labute approximate surface area is 176 Å². The van der Waals surface area contributed by atoms with Gasteiger partial charge < -0.3 is 14.4 Å². The maximum Gasteiger partial charge on any atom is 0.251 e. The number of rotatable bonds is 5. The molecule has 0 saturated carbocycles. The smallest absolute Gasteiger partial charge is 0.251 e. The zero-order chi connectivity index (χ0) is 21.3. The molecule has 0 unspecified atom stereocenters. The van der Waals surface area contributed by atoms with Crippen LogP contribution in [0, 0.1) is 6.92 Å². The number of amides is 2. The normalized spacial score (nSPS) is 20.0. The number of carbonyl (C=O) groups is 2. The van der Waals surface area contributed by atoms with Crippen LogP contribution in [-0.4, -0.2) is 63.2 Å². The van der Waals surface area contributed by atoms with Gasteiger partial charge in [0.15, 0.2) is 0 Å². The fraction of sp³-hybridized carbons (Fsp3) is 0.391. The lowest BCUT2D eigenvalue weighted by molar-refractivity contribution is -0.123. The van der Waals surface area contributed by atoms with E-state index < -0.39 is 6.04 Å². The van der Waals surface area contributed by atoms with Crippen molar-refractivity contribution >= 4 is 23.2 Å². The summed E-state index contributed by atoms with van der Waals surface area (Å²) in [4.78, 5) is 31.7. The van der Waals surface area contributed by atoms with E-state index in [0.29, 0.717) is 11.4 Å². The standard InChI is InChI=1S/C23H27N3O4/c1-16-7-8-19(30-3)14-20(16)26-22(27)15-21(23(26)28)25-11-9-24(10-12-25)17-5-4-6-18(13-17)29-2/h4-8,13-14,21H,9-12,15H2,1-3H3/t21-/m0/s1. The van der Waals surface area contributed by atoms with Crippen molar-refractivity contribution in [2.45, 2.75) is 19.4 Å². The van der Waals surface area contributed by atoms with Gasteiger partial charge >= 0.3 is 0 Å². The summed E-state index contributed by atoms with van der Waals surface area (Å²) in [5.74, 6) is 1.16. The second kappa shape index (κ2) is 8.36. The van der Waals surface area contributed by atoms with E-state index in [-0.39, 0.29) is 18.2 Å². The monoisotopic (exact) mass is 409 g/mol. The molecule has 2 saturated heterocycles. The Morgan fingerprint density at radius 2 is 1.60 bits per heavy atom. The topological polar surface area (TPSA) is 62.3 Å². The Kier molecular flexibility index (Phi) is 5.63. The van der Waals surface area contributed by atoms with Gasteiger partial charge in [0.2, 0.25) is 5.91 Å². The molecule has 1 atom stereocenters. The molecule has 0 spiro atoms. The van der Waals surface area contributed by atoms with E-state index in [0.717, 1.165) is 43.2 Å². The summed E-state index contributed by atoms with van der Waals surface area (Å²) in [7, 11) is 3.24. The average molecular weight is 409 g/mol. The fourth-order valence-electron chi connectivity index (χ4n) is 4.21. The van der Waals surface area contributed by atoms with Crippen molar-refractivity contribution in [1.29, 1.82) is 0 Å². The van der Waals surface area contributed by atoms with Crippen LogP contribution in [0.15, 0.2) is 42.5 Å². The largest absolute Gasteiger partial charge is 0.497 e. The predicted molar refractivity (Wildman–Crippen MR) is 115 cm³/mol. The summed E-state index contributed by atoms with van der Waals surface area (Å²) < 4.78 is 10.6. The zero-order valence-corrected chi connectivity index (χ0v) is 17.6. The van der Waals surface area contributed by atoms with Crippen LogP contribution in [0.3, 0.4) is 0 Å². The number of aryl methyl sites for hydroxylation is 1. The lowest BCUT2D eigenvalue weighted by atomic mass is 10.1. The number of piperazine rings is 1. The molecule has 7 heteroatoms. The molecular formula is C23H27N3O4. The predicted octanol–water partition coefficient (Wildman–Crippen LogP) is 2.47. The van der Waals surface area contributed by atoms with Crippen molar-refractivity contribution in [2.24, 2.45) is 0 Å². The van der Waals surface area contributed by atoms with Gasteiger partial charge in [0.1, 0.15) is 11.5 Å². The number of carbonyl (C=O) groups excluding carboxylic acids is 2. The SMILES string of the molecule is COc1cccc(N2CCN([C@H]3CC(=O)N(c4cc(OC)ccc4C)C3=O)CC2)c1. The molecule has 2 fully saturated rings. The summed E-state index contributed by atoms with van der Waals surface area (Å²) >= 11 is 0. The van der Waals surface area contributed by atoms with Gasteiger partial charge in [-0.2, -0.15) is 0 Å². The molecule has 2 aromatic carbocycles. The van der Waals surface area contributed by atoms with E-state index >= 15 is 0 Å². The van der Waals surface area contributed by atoms with Gasteiger partial charge in [-0.15, -0.1) is 0 Å². The Morgan fingerprint density at radius 3 is 2.30 bits per heavy atom. The van der Waals surface area contributed by atoms with Crippen LogP contribution in [0.4, 0.5) is 11.4 Å². The summed E-state index contributed by atoms with van der Waals surface area (Å²) in [5, 5.41) is 0.